The zero-order valence-corrected chi connectivity index (χ0v) is 16.6. The summed E-state index contributed by atoms with van der Waals surface area (Å²) >= 11 is 0. The number of aliphatic imine (C=N–C) groups is 1. The lowest BCUT2D eigenvalue weighted by molar-refractivity contribution is 0.175. The molecule has 1 aromatic carbocycles. The van der Waals surface area contributed by atoms with Crippen molar-refractivity contribution in [3.63, 3.8) is 0 Å². The highest BCUT2D eigenvalue weighted by Gasteiger charge is 2.25. The van der Waals surface area contributed by atoms with Crippen LogP contribution in [0.2, 0.25) is 0 Å². The summed E-state index contributed by atoms with van der Waals surface area (Å²) in [6.07, 6.45) is 2.71. The molecule has 0 heterocycles. The van der Waals surface area contributed by atoms with E-state index in [1.54, 1.807) is 18.2 Å². The van der Waals surface area contributed by atoms with E-state index in [-0.39, 0.29) is 23.6 Å². The van der Waals surface area contributed by atoms with Crippen molar-refractivity contribution in [1.82, 2.24) is 10.2 Å². The first-order valence-corrected chi connectivity index (χ1v) is 9.49. The van der Waals surface area contributed by atoms with Gasteiger partial charge in [0, 0.05) is 26.7 Å². The molecular formula is C20H34FN3O2. The second kappa shape index (κ2) is 11.7. The fourth-order valence-corrected chi connectivity index (χ4v) is 2.82. The van der Waals surface area contributed by atoms with Gasteiger partial charge in [-0.3, -0.25) is 4.99 Å². The standard InChI is InChI=1S/C20H34FN3O2/c1-5-20(6-2,12-14-25)16-23-19(22-7-3)24(4)13-15-26-18-11-9-8-10-17(18)21/h8-11,25H,5-7,12-16H2,1-4H3,(H,22,23). The number of hydrogen-bond acceptors (Lipinski definition) is 3. The van der Waals surface area contributed by atoms with Crippen LogP contribution in [0.5, 0.6) is 5.75 Å². The third kappa shape index (κ3) is 6.83. The molecule has 0 fully saturated rings. The summed E-state index contributed by atoms with van der Waals surface area (Å²) in [6.45, 7) is 8.89. The van der Waals surface area contributed by atoms with Crippen LogP contribution in [-0.2, 0) is 0 Å². The Morgan fingerprint density at radius 1 is 1.27 bits per heavy atom. The first kappa shape index (κ1) is 22.2. The van der Waals surface area contributed by atoms with E-state index in [4.69, 9.17) is 9.73 Å². The fourth-order valence-electron chi connectivity index (χ4n) is 2.82. The van der Waals surface area contributed by atoms with Crippen molar-refractivity contribution >= 4 is 5.96 Å². The molecule has 0 aromatic heterocycles. The molecule has 0 unspecified atom stereocenters. The largest absolute Gasteiger partial charge is 0.489 e. The highest BCUT2D eigenvalue weighted by atomic mass is 19.1. The Morgan fingerprint density at radius 3 is 2.54 bits per heavy atom. The normalized spacial score (nSPS) is 12.2. The zero-order chi connectivity index (χ0) is 19.4. The molecule has 0 saturated heterocycles. The van der Waals surface area contributed by atoms with Crippen molar-refractivity contribution < 1.29 is 14.2 Å². The Morgan fingerprint density at radius 2 is 1.96 bits per heavy atom. The maximum absolute atomic E-state index is 13.6. The van der Waals surface area contributed by atoms with Gasteiger partial charge in [-0.1, -0.05) is 26.0 Å². The first-order chi connectivity index (χ1) is 12.5. The molecule has 0 aliphatic rings. The minimum atomic E-state index is -0.351. The number of aliphatic hydroxyl groups excluding tert-OH is 1. The van der Waals surface area contributed by atoms with Gasteiger partial charge in [0.15, 0.2) is 17.5 Å². The molecule has 0 aliphatic carbocycles. The van der Waals surface area contributed by atoms with Crippen LogP contribution in [0.15, 0.2) is 29.3 Å². The number of nitrogens with one attached hydrogen (secondary N) is 1. The zero-order valence-electron chi connectivity index (χ0n) is 16.6. The summed E-state index contributed by atoms with van der Waals surface area (Å²) in [6, 6.07) is 6.41. The highest BCUT2D eigenvalue weighted by Crippen LogP contribution is 2.30. The number of para-hydroxylation sites is 1. The molecule has 0 amide bonds. The summed E-state index contributed by atoms with van der Waals surface area (Å²) in [5.41, 5.74) is 0.0277. The van der Waals surface area contributed by atoms with Crippen molar-refractivity contribution in [3.8, 4) is 5.75 Å². The molecule has 6 heteroatoms. The predicted molar refractivity (Wildman–Crippen MR) is 105 cm³/mol. The van der Waals surface area contributed by atoms with Gasteiger partial charge >= 0.3 is 0 Å². The summed E-state index contributed by atoms with van der Waals surface area (Å²) in [7, 11) is 1.94. The van der Waals surface area contributed by atoms with Gasteiger partial charge in [-0.25, -0.2) is 4.39 Å². The van der Waals surface area contributed by atoms with Crippen LogP contribution in [0.25, 0.3) is 0 Å². The van der Waals surface area contributed by atoms with E-state index in [1.807, 2.05) is 18.9 Å². The van der Waals surface area contributed by atoms with Gasteiger partial charge in [0.1, 0.15) is 6.61 Å². The van der Waals surface area contributed by atoms with Crippen molar-refractivity contribution in [3.05, 3.63) is 30.1 Å². The van der Waals surface area contributed by atoms with E-state index >= 15 is 0 Å². The Bertz CT molecular complexity index is 548. The number of nitrogens with zero attached hydrogens (tertiary/aromatic N) is 2. The number of aliphatic hydroxyl groups is 1. The lowest BCUT2D eigenvalue weighted by Crippen LogP contribution is -2.41. The van der Waals surface area contributed by atoms with Crippen LogP contribution in [0.1, 0.15) is 40.0 Å². The maximum Gasteiger partial charge on any atom is 0.193 e. The van der Waals surface area contributed by atoms with E-state index in [0.29, 0.717) is 19.7 Å². The molecule has 148 valence electrons. The average Bonchev–Trinajstić information content (AvgIpc) is 2.65. The van der Waals surface area contributed by atoms with E-state index in [2.05, 4.69) is 19.2 Å². The van der Waals surface area contributed by atoms with Crippen molar-refractivity contribution in [1.29, 1.82) is 0 Å². The molecular weight excluding hydrogens is 333 g/mol. The van der Waals surface area contributed by atoms with E-state index in [0.717, 1.165) is 31.8 Å². The van der Waals surface area contributed by atoms with E-state index < -0.39 is 0 Å². The Hall–Kier alpha value is -1.82. The molecule has 1 rings (SSSR count). The molecule has 0 atom stereocenters. The Kier molecular flexibility index (Phi) is 10.0. The van der Waals surface area contributed by atoms with Crippen LogP contribution in [0.3, 0.4) is 0 Å². The van der Waals surface area contributed by atoms with Crippen LogP contribution in [-0.4, -0.2) is 55.9 Å². The summed E-state index contributed by atoms with van der Waals surface area (Å²) in [5, 5.41) is 12.7. The van der Waals surface area contributed by atoms with Gasteiger partial charge < -0.3 is 20.1 Å². The molecule has 1 aromatic rings. The number of halogens is 1. The number of rotatable bonds is 11. The number of likely N-dealkylation sites (N-methyl/N-ethyl adjacent to an activating group) is 1. The molecule has 0 radical (unpaired) electrons. The second-order valence-electron chi connectivity index (χ2n) is 6.55. The Labute approximate surface area is 157 Å². The van der Waals surface area contributed by atoms with Crippen LogP contribution in [0, 0.1) is 11.2 Å². The van der Waals surface area contributed by atoms with Gasteiger partial charge in [-0.05, 0) is 43.7 Å². The molecule has 5 nitrogen and oxygen atoms in total. The van der Waals surface area contributed by atoms with Gasteiger partial charge in [0.2, 0.25) is 0 Å². The maximum atomic E-state index is 13.6. The predicted octanol–water partition coefficient (Wildman–Crippen LogP) is 3.29. The highest BCUT2D eigenvalue weighted by molar-refractivity contribution is 5.79. The van der Waals surface area contributed by atoms with E-state index in [9.17, 15) is 9.50 Å². The van der Waals surface area contributed by atoms with Crippen molar-refractivity contribution in [2.45, 2.75) is 40.0 Å². The second-order valence-corrected chi connectivity index (χ2v) is 6.55. The van der Waals surface area contributed by atoms with Gasteiger partial charge in [0.05, 0.1) is 6.54 Å². The van der Waals surface area contributed by atoms with Gasteiger partial charge in [-0.15, -0.1) is 0 Å². The quantitative estimate of drug-likeness (QED) is 0.465. The van der Waals surface area contributed by atoms with Crippen LogP contribution in [0.4, 0.5) is 4.39 Å². The van der Waals surface area contributed by atoms with E-state index in [1.165, 1.54) is 6.07 Å². The molecule has 26 heavy (non-hydrogen) atoms. The molecule has 0 bridgehead atoms. The average molecular weight is 368 g/mol. The molecule has 0 aliphatic heterocycles. The van der Waals surface area contributed by atoms with Crippen molar-refractivity contribution in [2.24, 2.45) is 10.4 Å². The minimum absolute atomic E-state index is 0.0277. The van der Waals surface area contributed by atoms with Gasteiger partial charge in [-0.2, -0.15) is 0 Å². The third-order valence-corrected chi connectivity index (χ3v) is 4.92. The lowest BCUT2D eigenvalue weighted by atomic mass is 9.79. The molecule has 0 spiro atoms. The van der Waals surface area contributed by atoms with Crippen LogP contribution >= 0.6 is 0 Å². The Balaban J connectivity index is 2.67. The number of guanidine groups is 1. The first-order valence-electron chi connectivity index (χ1n) is 9.49. The SMILES string of the molecule is CCNC(=NCC(CC)(CC)CCO)N(C)CCOc1ccccc1F. The fraction of sp³-hybridized carbons (Fsp3) is 0.650. The molecule has 0 saturated carbocycles. The number of ether oxygens (including phenoxy) is 1. The monoisotopic (exact) mass is 367 g/mol. The minimum Gasteiger partial charge on any atom is -0.489 e. The third-order valence-electron chi connectivity index (χ3n) is 4.92. The van der Waals surface area contributed by atoms with Crippen LogP contribution < -0.4 is 10.1 Å². The molecule has 2 N–H and O–H groups in total. The summed E-state index contributed by atoms with van der Waals surface area (Å²) in [4.78, 5) is 6.77. The van der Waals surface area contributed by atoms with Gasteiger partial charge in [0.25, 0.3) is 0 Å². The summed E-state index contributed by atoms with van der Waals surface area (Å²) in [5.74, 6) is 0.714. The number of benzene rings is 1. The summed E-state index contributed by atoms with van der Waals surface area (Å²) < 4.78 is 19.1. The van der Waals surface area contributed by atoms with Crippen molar-refractivity contribution in [2.75, 3.05) is 39.9 Å². The smallest absolute Gasteiger partial charge is 0.193 e. The lowest BCUT2D eigenvalue weighted by Gasteiger charge is -2.30. The number of hydrogen-bond donors (Lipinski definition) is 2. The topological polar surface area (TPSA) is 57.1 Å².